The Morgan fingerprint density at radius 3 is 2.66 bits per heavy atom. The van der Waals surface area contributed by atoms with Gasteiger partial charge in [-0.1, -0.05) is 38.1 Å². The summed E-state index contributed by atoms with van der Waals surface area (Å²) in [6.45, 7) is 8.95. The number of nitrogens with zero attached hydrogens (tertiary/aromatic N) is 2. The first-order valence-corrected chi connectivity index (χ1v) is 15.5. The highest BCUT2D eigenvalue weighted by molar-refractivity contribution is 7.99. The number of hydrogen-bond donors (Lipinski definition) is 4. The number of carbonyl (C=O) groups excluding carboxylic acids is 1. The van der Waals surface area contributed by atoms with E-state index < -0.39 is 35.9 Å². The van der Waals surface area contributed by atoms with Crippen molar-refractivity contribution in [3.8, 4) is 0 Å². The van der Waals surface area contributed by atoms with Crippen LogP contribution in [-0.4, -0.2) is 98.1 Å². The number of ether oxygens (including phenoxy) is 1. The number of aliphatic hydroxyl groups excluding tert-OH is 3. The molecule has 2 aliphatic rings. The Morgan fingerprint density at radius 1 is 1.24 bits per heavy atom. The fraction of sp³-hybridized carbons (Fsp3) is 0.704. The van der Waals surface area contributed by atoms with Gasteiger partial charge in [0, 0.05) is 11.8 Å². The average Bonchev–Trinajstić information content (AvgIpc) is 3.47. The Morgan fingerprint density at radius 2 is 1.97 bits per heavy atom. The van der Waals surface area contributed by atoms with E-state index in [2.05, 4.69) is 22.1 Å². The molecule has 2 fully saturated rings. The van der Waals surface area contributed by atoms with Crippen molar-refractivity contribution in [2.24, 2.45) is 5.92 Å². The number of carbonyl (C=O) groups is 1. The Balaban J connectivity index is 1.60. The van der Waals surface area contributed by atoms with Crippen molar-refractivity contribution >= 4 is 40.5 Å². The quantitative estimate of drug-likeness (QED) is 0.336. The summed E-state index contributed by atoms with van der Waals surface area (Å²) in [5, 5.41) is 35.3. The lowest BCUT2D eigenvalue weighted by molar-refractivity contribution is -0.205. The molecule has 38 heavy (non-hydrogen) atoms. The Hall–Kier alpha value is -1.34. The van der Waals surface area contributed by atoms with Crippen LogP contribution in [0.2, 0.25) is 0 Å². The molecule has 0 spiro atoms. The number of likely N-dealkylation sites (tertiary alicyclic amines) is 1. The highest BCUT2D eigenvalue weighted by Gasteiger charge is 2.49. The predicted molar refractivity (Wildman–Crippen MR) is 150 cm³/mol. The fourth-order valence-corrected chi connectivity index (χ4v) is 7.25. The van der Waals surface area contributed by atoms with Gasteiger partial charge in [-0.25, -0.2) is 4.98 Å². The molecular formula is C27H41N3O6S2. The van der Waals surface area contributed by atoms with E-state index in [-0.39, 0.29) is 17.2 Å². The molecule has 0 radical (unpaired) electrons. The highest BCUT2D eigenvalue weighted by atomic mass is 32.2. The summed E-state index contributed by atoms with van der Waals surface area (Å²) >= 11 is 2.60. The number of rotatable bonds is 9. The van der Waals surface area contributed by atoms with Gasteiger partial charge in [0.05, 0.1) is 12.1 Å². The SMILES string of the molecule is CCC[C@@H]1C[C@@H](C(=O)N[C@@H](C2OC(SC)C(O)C(O)C2O)[C@H](C)Sc2nc3ccc(C)c(C)c3o2)N(C)C1. The van der Waals surface area contributed by atoms with Crippen molar-refractivity contribution in [2.75, 3.05) is 19.8 Å². The minimum Gasteiger partial charge on any atom is -0.431 e. The summed E-state index contributed by atoms with van der Waals surface area (Å²) < 4.78 is 12.2. The van der Waals surface area contributed by atoms with E-state index in [0.717, 1.165) is 48.0 Å². The Bertz CT molecular complexity index is 1110. The molecule has 5 unspecified atom stereocenters. The number of likely N-dealkylation sites (N-methyl/N-ethyl adjacent to an activating group) is 1. The lowest BCUT2D eigenvalue weighted by Gasteiger charge is -2.44. The third-order valence-corrected chi connectivity index (χ3v) is 9.88. The monoisotopic (exact) mass is 567 g/mol. The molecule has 9 atom stereocenters. The van der Waals surface area contributed by atoms with Crippen LogP contribution in [-0.2, 0) is 9.53 Å². The molecule has 2 saturated heterocycles. The number of nitrogens with one attached hydrogen (secondary N) is 1. The van der Waals surface area contributed by atoms with Crippen LogP contribution in [0.25, 0.3) is 11.1 Å². The first-order chi connectivity index (χ1) is 18.0. The summed E-state index contributed by atoms with van der Waals surface area (Å²) in [6, 6.07) is 2.96. The van der Waals surface area contributed by atoms with Crippen molar-refractivity contribution in [3.63, 3.8) is 0 Å². The van der Waals surface area contributed by atoms with Gasteiger partial charge in [-0.05, 0) is 63.1 Å². The zero-order valence-electron chi connectivity index (χ0n) is 23.0. The van der Waals surface area contributed by atoms with Gasteiger partial charge in [0.2, 0.25) is 5.91 Å². The van der Waals surface area contributed by atoms with Crippen molar-refractivity contribution in [1.82, 2.24) is 15.2 Å². The molecule has 0 aliphatic carbocycles. The normalized spacial score (nSPS) is 32.0. The Labute approximate surface area is 233 Å². The lowest BCUT2D eigenvalue weighted by Crippen LogP contribution is -2.65. The molecule has 212 valence electrons. The number of hydrogen-bond acceptors (Lipinski definition) is 10. The number of aromatic nitrogens is 1. The number of benzene rings is 1. The number of aryl methyl sites for hydroxylation is 2. The smallest absolute Gasteiger partial charge is 0.257 e. The second kappa shape index (κ2) is 12.4. The second-order valence-corrected chi connectivity index (χ2v) is 13.0. The first-order valence-electron chi connectivity index (χ1n) is 13.3. The van der Waals surface area contributed by atoms with Gasteiger partial charge in [0.15, 0.2) is 5.58 Å². The van der Waals surface area contributed by atoms with Crippen LogP contribution in [0.3, 0.4) is 0 Å². The summed E-state index contributed by atoms with van der Waals surface area (Å²) in [5.41, 5.74) is 2.88. The molecular weight excluding hydrogens is 526 g/mol. The van der Waals surface area contributed by atoms with Crippen molar-refractivity contribution < 1.29 is 29.3 Å². The molecule has 4 N–H and O–H groups in total. The summed E-state index contributed by atoms with van der Waals surface area (Å²) in [6.07, 6.45) is -0.277. The maximum absolute atomic E-state index is 13.6. The molecule has 2 aliphatic heterocycles. The molecule has 1 amide bonds. The number of aliphatic hydroxyl groups is 3. The van der Waals surface area contributed by atoms with E-state index in [9.17, 15) is 20.1 Å². The molecule has 1 aromatic heterocycles. The van der Waals surface area contributed by atoms with Crippen molar-refractivity contribution in [3.05, 3.63) is 23.3 Å². The minimum absolute atomic E-state index is 0.135. The average molecular weight is 568 g/mol. The maximum atomic E-state index is 13.6. The van der Waals surface area contributed by atoms with E-state index in [1.54, 1.807) is 6.26 Å². The third kappa shape index (κ3) is 6.04. The van der Waals surface area contributed by atoms with Gasteiger partial charge < -0.3 is 29.8 Å². The predicted octanol–water partition coefficient (Wildman–Crippen LogP) is 2.70. The van der Waals surface area contributed by atoms with E-state index in [1.807, 2.05) is 40.0 Å². The maximum Gasteiger partial charge on any atom is 0.257 e. The van der Waals surface area contributed by atoms with E-state index in [1.165, 1.54) is 23.5 Å². The molecule has 0 bridgehead atoms. The minimum atomic E-state index is -1.40. The molecule has 11 heteroatoms. The summed E-state index contributed by atoms with van der Waals surface area (Å²) in [7, 11) is 1.96. The van der Waals surface area contributed by atoms with Crippen LogP contribution in [0, 0.1) is 19.8 Å². The van der Waals surface area contributed by atoms with Crippen molar-refractivity contribution in [2.45, 2.75) is 99.4 Å². The fourth-order valence-electron chi connectivity index (χ4n) is 5.61. The number of thioether (sulfide) groups is 2. The molecule has 2 aromatic rings. The van der Waals surface area contributed by atoms with Crippen LogP contribution < -0.4 is 5.32 Å². The van der Waals surface area contributed by atoms with E-state index >= 15 is 0 Å². The number of oxazole rings is 1. The van der Waals surface area contributed by atoms with E-state index in [4.69, 9.17) is 9.15 Å². The van der Waals surface area contributed by atoms with Crippen LogP contribution in [0.1, 0.15) is 44.2 Å². The largest absolute Gasteiger partial charge is 0.431 e. The zero-order chi connectivity index (χ0) is 27.7. The summed E-state index contributed by atoms with van der Waals surface area (Å²) in [4.78, 5) is 20.3. The van der Waals surface area contributed by atoms with Crippen LogP contribution in [0.5, 0.6) is 0 Å². The topological polar surface area (TPSA) is 128 Å². The van der Waals surface area contributed by atoms with E-state index in [0.29, 0.717) is 11.1 Å². The van der Waals surface area contributed by atoms with Gasteiger partial charge in [0.1, 0.15) is 35.4 Å². The van der Waals surface area contributed by atoms with Crippen molar-refractivity contribution in [1.29, 1.82) is 0 Å². The van der Waals surface area contributed by atoms with Gasteiger partial charge >= 0.3 is 0 Å². The van der Waals surface area contributed by atoms with Crippen LogP contribution in [0.15, 0.2) is 21.8 Å². The zero-order valence-corrected chi connectivity index (χ0v) is 24.6. The van der Waals surface area contributed by atoms with Crippen LogP contribution in [0.4, 0.5) is 0 Å². The van der Waals surface area contributed by atoms with Gasteiger partial charge in [-0.15, -0.1) is 11.8 Å². The lowest BCUT2D eigenvalue weighted by atomic mass is 9.92. The third-order valence-electron chi connectivity index (χ3n) is 7.99. The molecule has 9 nitrogen and oxygen atoms in total. The molecule has 3 heterocycles. The highest BCUT2D eigenvalue weighted by Crippen LogP contribution is 2.36. The molecule has 4 rings (SSSR count). The van der Waals surface area contributed by atoms with Gasteiger partial charge in [0.25, 0.3) is 5.22 Å². The Kier molecular flexibility index (Phi) is 9.71. The number of fused-ring (bicyclic) bond motifs is 1. The standard InChI is InChI=1S/C27H41N3O6S2/c1-7-8-16-11-18(30(5)12-16)25(34)29-19(24-21(32)20(31)22(33)26(35-24)37-6)15(4)38-27-28-17-10-9-13(2)14(3)23(17)36-27/h9-10,15-16,18-22,24,26,31-33H,7-8,11-12H2,1-6H3,(H,29,34)/t15-,16+,18-,19+,20?,21?,22?,24?,26?/m0/s1. The first kappa shape index (κ1) is 29.6. The van der Waals surface area contributed by atoms with Crippen LogP contribution >= 0.6 is 23.5 Å². The summed E-state index contributed by atoms with van der Waals surface area (Å²) in [5.74, 6) is 0.330. The second-order valence-electron chi connectivity index (χ2n) is 10.7. The number of amides is 1. The molecule has 0 saturated carbocycles. The molecule has 1 aromatic carbocycles. The van der Waals surface area contributed by atoms with Gasteiger partial charge in [-0.2, -0.15) is 0 Å². The van der Waals surface area contributed by atoms with Gasteiger partial charge in [-0.3, -0.25) is 9.69 Å².